The number of aromatic nitrogens is 2. The molecule has 0 bridgehead atoms. The smallest absolute Gasteiger partial charge is 0.336 e. The summed E-state index contributed by atoms with van der Waals surface area (Å²) in [5.74, 6) is 0. The van der Waals surface area contributed by atoms with E-state index in [0.29, 0.717) is 11.9 Å². The Morgan fingerprint density at radius 3 is 2.61 bits per heavy atom. The fourth-order valence-corrected chi connectivity index (χ4v) is 2.23. The van der Waals surface area contributed by atoms with Gasteiger partial charge in [-0.05, 0) is 24.6 Å². The first-order valence-electron chi connectivity index (χ1n) is 8.22. The third-order valence-electron chi connectivity index (χ3n) is 3.51. The van der Waals surface area contributed by atoms with Gasteiger partial charge in [-0.1, -0.05) is 50.8 Å². The number of amides is 2. The molecule has 5 heteroatoms. The van der Waals surface area contributed by atoms with Gasteiger partial charge in [0, 0.05) is 12.7 Å². The van der Waals surface area contributed by atoms with Crippen LogP contribution in [0, 0.1) is 0 Å². The van der Waals surface area contributed by atoms with Crippen molar-refractivity contribution in [2.75, 3.05) is 6.54 Å². The van der Waals surface area contributed by atoms with Gasteiger partial charge >= 0.3 is 6.03 Å². The quantitative estimate of drug-likeness (QED) is 0.796. The lowest BCUT2D eigenvalue weighted by molar-refractivity contribution is 0.248. The minimum absolute atomic E-state index is 0.306. The van der Waals surface area contributed by atoms with Gasteiger partial charge in [-0.15, -0.1) is 0 Å². The van der Waals surface area contributed by atoms with E-state index in [1.54, 1.807) is 23.1 Å². The molecule has 2 rings (SSSR count). The molecule has 0 aliphatic carbocycles. The fraction of sp³-hybridized carbons (Fsp3) is 0.389. The van der Waals surface area contributed by atoms with Crippen LogP contribution in [0.5, 0.6) is 0 Å². The summed E-state index contributed by atoms with van der Waals surface area (Å²) in [6.45, 7) is 2.87. The molecule has 0 unspecified atom stereocenters. The second-order valence-electron chi connectivity index (χ2n) is 5.42. The topological polar surface area (TPSA) is 59.3 Å². The van der Waals surface area contributed by atoms with Gasteiger partial charge in [-0.3, -0.25) is 0 Å². The number of unbranched alkanes of at least 4 members (excludes halogenated alkanes) is 4. The summed E-state index contributed by atoms with van der Waals surface area (Å²) in [7, 11) is 0. The molecule has 0 atom stereocenters. The van der Waals surface area contributed by atoms with Gasteiger partial charge in [0.1, 0.15) is 0 Å². The van der Waals surface area contributed by atoms with E-state index in [9.17, 15) is 4.79 Å². The van der Waals surface area contributed by atoms with Crippen LogP contribution in [0.1, 0.15) is 39.0 Å². The monoisotopic (exact) mass is 312 g/mol. The van der Waals surface area contributed by atoms with Gasteiger partial charge in [0.2, 0.25) is 0 Å². The highest BCUT2D eigenvalue weighted by atomic mass is 16.2. The van der Waals surface area contributed by atoms with Crippen molar-refractivity contribution in [3.8, 4) is 5.69 Å². The first-order chi connectivity index (χ1) is 11.3. The molecule has 2 amide bonds. The Labute approximate surface area is 137 Å². The first-order valence-corrected chi connectivity index (χ1v) is 8.22. The van der Waals surface area contributed by atoms with E-state index in [1.165, 1.54) is 19.3 Å². The molecule has 5 nitrogen and oxygen atoms in total. The number of benzene rings is 1. The average molecular weight is 312 g/mol. The largest absolute Gasteiger partial charge is 0.341 e. The maximum Gasteiger partial charge on any atom is 0.341 e. The summed E-state index contributed by atoms with van der Waals surface area (Å²) in [6.07, 6.45) is 9.26. The van der Waals surface area contributed by atoms with Gasteiger partial charge in [-0.2, -0.15) is 10.1 Å². The number of carbonyl (C=O) groups excluding carboxylic acids is 1. The Bertz CT molecular complexity index is 644. The van der Waals surface area contributed by atoms with Crippen molar-refractivity contribution in [2.24, 2.45) is 4.99 Å². The molecule has 0 saturated carbocycles. The lowest BCUT2D eigenvalue weighted by Crippen LogP contribution is -2.23. The third-order valence-corrected chi connectivity index (χ3v) is 3.51. The molecule has 0 aliphatic rings. The molecule has 2 aromatic rings. The highest BCUT2D eigenvalue weighted by Crippen LogP contribution is 2.02. The zero-order valence-corrected chi connectivity index (χ0v) is 13.6. The fourth-order valence-electron chi connectivity index (χ4n) is 2.23. The van der Waals surface area contributed by atoms with E-state index in [2.05, 4.69) is 22.3 Å². The molecule has 0 fully saturated rings. The second kappa shape index (κ2) is 9.56. The van der Waals surface area contributed by atoms with Crippen LogP contribution in [0.3, 0.4) is 0 Å². The number of nitrogens with zero attached hydrogens (tertiary/aromatic N) is 3. The van der Waals surface area contributed by atoms with Crippen LogP contribution in [0.25, 0.3) is 5.69 Å². The molecular formula is C18H24N4O. The summed E-state index contributed by atoms with van der Waals surface area (Å²) in [6, 6.07) is 11.3. The van der Waals surface area contributed by atoms with Gasteiger partial charge in [0.15, 0.2) is 0 Å². The van der Waals surface area contributed by atoms with Crippen LogP contribution >= 0.6 is 0 Å². The van der Waals surface area contributed by atoms with E-state index < -0.39 is 0 Å². The third kappa shape index (κ3) is 6.06. The maximum absolute atomic E-state index is 11.7. The minimum atomic E-state index is -0.306. The van der Waals surface area contributed by atoms with Crippen LogP contribution < -0.4 is 10.7 Å². The zero-order chi connectivity index (χ0) is 16.3. The molecule has 1 heterocycles. The number of hydrogen-bond donors (Lipinski definition) is 1. The standard InChI is InChI=1S/C18H24N4O/c1-2-3-4-5-9-13-19-18(23)21-16-12-14-22(20-15-16)17-10-7-6-8-11-17/h6-8,10-12,14-15H,2-5,9,13H2,1H3,(H,19,23). The summed E-state index contributed by atoms with van der Waals surface area (Å²) in [5.41, 5.74) is 0.968. The van der Waals surface area contributed by atoms with Crippen LogP contribution in [0.2, 0.25) is 0 Å². The number of nitrogens with one attached hydrogen (secondary N) is 1. The van der Waals surface area contributed by atoms with Crippen molar-refractivity contribution in [1.82, 2.24) is 15.1 Å². The molecule has 0 spiro atoms. The Balaban J connectivity index is 1.84. The number of carbonyl (C=O) groups is 1. The molecule has 0 radical (unpaired) electrons. The molecule has 1 aromatic carbocycles. The Morgan fingerprint density at radius 1 is 1.13 bits per heavy atom. The molecule has 122 valence electrons. The zero-order valence-electron chi connectivity index (χ0n) is 13.6. The Hall–Kier alpha value is -2.43. The lowest BCUT2D eigenvalue weighted by Gasteiger charge is -2.03. The lowest BCUT2D eigenvalue weighted by atomic mass is 10.1. The van der Waals surface area contributed by atoms with Crippen molar-refractivity contribution in [2.45, 2.75) is 39.0 Å². The van der Waals surface area contributed by atoms with E-state index >= 15 is 0 Å². The van der Waals surface area contributed by atoms with Gasteiger partial charge in [0.05, 0.1) is 17.2 Å². The average Bonchev–Trinajstić information content (AvgIpc) is 2.59. The van der Waals surface area contributed by atoms with E-state index in [0.717, 1.165) is 18.5 Å². The molecule has 23 heavy (non-hydrogen) atoms. The van der Waals surface area contributed by atoms with Crippen LogP contribution in [0.15, 0.2) is 53.8 Å². The summed E-state index contributed by atoms with van der Waals surface area (Å²) in [5, 5.41) is 7.65. The predicted molar refractivity (Wildman–Crippen MR) is 91.3 cm³/mol. The molecule has 1 aromatic heterocycles. The van der Waals surface area contributed by atoms with Crippen molar-refractivity contribution >= 4 is 6.03 Å². The maximum atomic E-state index is 11.7. The van der Waals surface area contributed by atoms with Gasteiger partial charge < -0.3 is 5.32 Å². The van der Waals surface area contributed by atoms with Crippen molar-refractivity contribution < 1.29 is 4.79 Å². The Kier molecular flexibility index (Phi) is 7.04. The van der Waals surface area contributed by atoms with E-state index in [4.69, 9.17) is 0 Å². The van der Waals surface area contributed by atoms with Crippen molar-refractivity contribution in [3.63, 3.8) is 0 Å². The Morgan fingerprint density at radius 2 is 1.91 bits per heavy atom. The number of rotatable bonds is 7. The predicted octanol–water partition coefficient (Wildman–Crippen LogP) is 3.45. The summed E-state index contributed by atoms with van der Waals surface area (Å²) < 4.78 is 1.74. The first kappa shape index (κ1) is 16.9. The minimum Gasteiger partial charge on any atom is -0.336 e. The van der Waals surface area contributed by atoms with Gasteiger partial charge in [-0.25, -0.2) is 9.48 Å². The molecule has 1 N–H and O–H groups in total. The molecule has 0 aliphatic heterocycles. The SMILES string of the molecule is CCCCCCCNC(=O)N=c1ccn(-c2ccccc2)nc1. The molecule has 0 saturated heterocycles. The highest BCUT2D eigenvalue weighted by molar-refractivity contribution is 5.74. The van der Waals surface area contributed by atoms with Crippen LogP contribution in [0.4, 0.5) is 4.79 Å². The summed E-state index contributed by atoms with van der Waals surface area (Å²) >= 11 is 0. The number of urea groups is 1. The van der Waals surface area contributed by atoms with E-state index in [1.807, 2.05) is 30.3 Å². The normalized spacial score (nSPS) is 11.4. The van der Waals surface area contributed by atoms with Crippen LogP contribution in [-0.2, 0) is 0 Å². The van der Waals surface area contributed by atoms with Crippen molar-refractivity contribution in [1.29, 1.82) is 0 Å². The van der Waals surface area contributed by atoms with Crippen LogP contribution in [-0.4, -0.2) is 22.4 Å². The number of hydrogen-bond acceptors (Lipinski definition) is 2. The highest BCUT2D eigenvalue weighted by Gasteiger charge is 1.97. The molecular weight excluding hydrogens is 288 g/mol. The van der Waals surface area contributed by atoms with Crippen molar-refractivity contribution in [3.05, 3.63) is 54.1 Å². The summed E-state index contributed by atoms with van der Waals surface area (Å²) in [4.78, 5) is 15.7. The van der Waals surface area contributed by atoms with Gasteiger partial charge in [0.25, 0.3) is 0 Å². The van der Waals surface area contributed by atoms with E-state index in [-0.39, 0.29) is 6.03 Å². The number of para-hydroxylation sites is 1. The second-order valence-corrected chi connectivity index (χ2v) is 5.42.